The predicted molar refractivity (Wildman–Crippen MR) is 124 cm³/mol. The fourth-order valence-electron chi connectivity index (χ4n) is 4.88. The number of piperidine rings is 2. The van der Waals surface area contributed by atoms with Crippen molar-refractivity contribution in [2.75, 3.05) is 31.5 Å². The molecule has 0 radical (unpaired) electrons. The zero-order valence-corrected chi connectivity index (χ0v) is 18.2. The van der Waals surface area contributed by atoms with Crippen molar-refractivity contribution in [3.8, 4) is 0 Å². The number of carbonyl (C=O) groups is 2. The van der Waals surface area contributed by atoms with Crippen LogP contribution in [0.2, 0.25) is 0 Å². The Balaban J connectivity index is 1.16. The van der Waals surface area contributed by atoms with E-state index in [0.717, 1.165) is 41.9 Å². The average Bonchev–Trinajstić information content (AvgIpc) is 3.29. The predicted octanol–water partition coefficient (Wildman–Crippen LogP) is 4.21. The van der Waals surface area contributed by atoms with E-state index in [9.17, 15) is 9.59 Å². The molecule has 3 heterocycles. The lowest BCUT2D eigenvalue weighted by Crippen LogP contribution is -2.47. The molecule has 0 saturated carbocycles. The topological polar surface area (TPSA) is 81.3 Å². The summed E-state index contributed by atoms with van der Waals surface area (Å²) >= 11 is 0. The molecule has 32 heavy (non-hydrogen) atoms. The lowest BCUT2D eigenvalue weighted by molar-refractivity contribution is -0.138. The molecular formula is C25H29N5O2. The minimum atomic E-state index is -0.0926. The van der Waals surface area contributed by atoms with Crippen molar-refractivity contribution in [2.24, 2.45) is 5.92 Å². The molecule has 3 amide bonds. The van der Waals surface area contributed by atoms with E-state index in [1.165, 1.54) is 0 Å². The smallest absolute Gasteiger partial charge is 0.321 e. The van der Waals surface area contributed by atoms with Crippen LogP contribution in [0.3, 0.4) is 0 Å². The molecule has 1 atom stereocenters. The molecule has 0 spiro atoms. The molecule has 166 valence electrons. The van der Waals surface area contributed by atoms with E-state index in [1.54, 1.807) is 0 Å². The van der Waals surface area contributed by atoms with Crippen molar-refractivity contribution in [3.05, 3.63) is 60.4 Å². The van der Waals surface area contributed by atoms with E-state index >= 15 is 0 Å². The van der Waals surface area contributed by atoms with E-state index in [-0.39, 0.29) is 23.8 Å². The molecule has 0 aliphatic carbocycles. The first kappa shape index (κ1) is 20.5. The molecule has 7 heteroatoms. The lowest BCUT2D eigenvalue weighted by atomic mass is 9.92. The maximum Gasteiger partial charge on any atom is 0.321 e. The van der Waals surface area contributed by atoms with Gasteiger partial charge in [0, 0.05) is 43.7 Å². The Labute approximate surface area is 187 Å². The van der Waals surface area contributed by atoms with E-state index in [0.29, 0.717) is 32.5 Å². The summed E-state index contributed by atoms with van der Waals surface area (Å²) in [4.78, 5) is 37.8. The second kappa shape index (κ2) is 9.02. The number of para-hydroxylation sites is 3. The van der Waals surface area contributed by atoms with Crippen molar-refractivity contribution in [1.82, 2.24) is 19.8 Å². The van der Waals surface area contributed by atoms with E-state index in [4.69, 9.17) is 4.98 Å². The van der Waals surface area contributed by atoms with Gasteiger partial charge in [-0.1, -0.05) is 30.3 Å². The zero-order chi connectivity index (χ0) is 21.9. The van der Waals surface area contributed by atoms with E-state index < -0.39 is 0 Å². The Bertz CT molecular complexity index is 1050. The minimum Gasteiger partial charge on any atom is -0.342 e. The zero-order valence-electron chi connectivity index (χ0n) is 18.2. The largest absolute Gasteiger partial charge is 0.342 e. The van der Waals surface area contributed by atoms with Gasteiger partial charge < -0.3 is 20.1 Å². The van der Waals surface area contributed by atoms with Gasteiger partial charge in [-0.25, -0.2) is 9.78 Å². The van der Waals surface area contributed by atoms with Crippen LogP contribution < -0.4 is 5.32 Å². The lowest BCUT2D eigenvalue weighted by Gasteiger charge is -2.37. The average molecular weight is 432 g/mol. The Morgan fingerprint density at radius 2 is 1.66 bits per heavy atom. The van der Waals surface area contributed by atoms with Crippen molar-refractivity contribution >= 4 is 28.7 Å². The third kappa shape index (κ3) is 4.33. The molecule has 1 aromatic heterocycles. The molecule has 7 nitrogen and oxygen atoms in total. The second-order valence-corrected chi connectivity index (χ2v) is 8.82. The highest BCUT2D eigenvalue weighted by molar-refractivity contribution is 5.89. The van der Waals surface area contributed by atoms with Crippen LogP contribution in [0.25, 0.3) is 11.0 Å². The number of urea groups is 1. The summed E-state index contributed by atoms with van der Waals surface area (Å²) in [5.74, 6) is 1.45. The number of aromatic amines is 1. The van der Waals surface area contributed by atoms with Crippen molar-refractivity contribution in [3.63, 3.8) is 0 Å². The highest BCUT2D eigenvalue weighted by Crippen LogP contribution is 2.29. The van der Waals surface area contributed by atoms with Gasteiger partial charge in [0.25, 0.3) is 0 Å². The highest BCUT2D eigenvalue weighted by atomic mass is 16.2. The number of nitrogens with zero attached hydrogens (tertiary/aromatic N) is 3. The SMILES string of the molecule is O=C(Nc1ccccc1)N1CCC(C(=O)N2CCCC(c3nc4ccccc4[nH]3)C2)CC1. The number of anilines is 1. The number of fused-ring (bicyclic) bond motifs is 1. The third-order valence-electron chi connectivity index (χ3n) is 6.68. The van der Waals surface area contributed by atoms with Gasteiger partial charge in [-0.15, -0.1) is 0 Å². The van der Waals surface area contributed by atoms with Crippen LogP contribution in [-0.4, -0.2) is 57.9 Å². The first-order chi connectivity index (χ1) is 15.7. The molecule has 0 bridgehead atoms. The van der Waals surface area contributed by atoms with Crippen LogP contribution in [-0.2, 0) is 4.79 Å². The first-order valence-corrected chi connectivity index (χ1v) is 11.5. The number of amides is 3. The van der Waals surface area contributed by atoms with Crippen LogP contribution in [0, 0.1) is 5.92 Å². The number of imidazole rings is 1. The summed E-state index contributed by atoms with van der Waals surface area (Å²) < 4.78 is 0. The third-order valence-corrected chi connectivity index (χ3v) is 6.68. The normalized spacial score (nSPS) is 19.8. The van der Waals surface area contributed by atoms with Gasteiger partial charge >= 0.3 is 6.03 Å². The van der Waals surface area contributed by atoms with Crippen LogP contribution in [0.5, 0.6) is 0 Å². The summed E-state index contributed by atoms with van der Waals surface area (Å²) in [6.45, 7) is 2.74. The number of likely N-dealkylation sites (tertiary alicyclic amines) is 2. The van der Waals surface area contributed by atoms with Crippen LogP contribution in [0.15, 0.2) is 54.6 Å². The minimum absolute atomic E-state index is 0.00908. The molecule has 2 saturated heterocycles. The Morgan fingerprint density at radius 3 is 2.44 bits per heavy atom. The fourth-order valence-corrected chi connectivity index (χ4v) is 4.88. The standard InChI is InChI=1S/C25H29N5O2/c31-24(18-12-15-29(16-13-18)25(32)26-20-8-2-1-3-9-20)30-14-6-7-19(17-30)23-27-21-10-4-5-11-22(21)28-23/h1-5,8-11,18-19H,6-7,12-17H2,(H,26,32)(H,27,28). The maximum atomic E-state index is 13.2. The van der Waals surface area contributed by atoms with Gasteiger partial charge in [0.05, 0.1) is 11.0 Å². The molecule has 2 aliphatic heterocycles. The maximum absolute atomic E-state index is 13.2. The van der Waals surface area contributed by atoms with Gasteiger partial charge in [-0.2, -0.15) is 0 Å². The summed E-state index contributed by atoms with van der Waals surface area (Å²) in [6.07, 6.45) is 3.47. The van der Waals surface area contributed by atoms with Gasteiger partial charge in [0.2, 0.25) is 5.91 Å². The van der Waals surface area contributed by atoms with Gasteiger partial charge in [-0.3, -0.25) is 4.79 Å². The summed E-state index contributed by atoms with van der Waals surface area (Å²) in [7, 11) is 0. The van der Waals surface area contributed by atoms with Gasteiger partial charge in [0.1, 0.15) is 5.82 Å². The Hall–Kier alpha value is -3.35. The molecule has 3 aromatic rings. The Kier molecular flexibility index (Phi) is 5.79. The van der Waals surface area contributed by atoms with Crippen LogP contribution in [0.1, 0.15) is 37.4 Å². The quantitative estimate of drug-likeness (QED) is 0.652. The molecule has 2 aliphatic rings. The highest BCUT2D eigenvalue weighted by Gasteiger charge is 2.33. The van der Waals surface area contributed by atoms with E-state index in [2.05, 4.69) is 10.3 Å². The Morgan fingerprint density at radius 1 is 0.906 bits per heavy atom. The number of nitrogens with one attached hydrogen (secondary N) is 2. The number of hydrogen-bond donors (Lipinski definition) is 2. The van der Waals surface area contributed by atoms with E-state index in [1.807, 2.05) is 64.4 Å². The molecular weight excluding hydrogens is 402 g/mol. The molecule has 2 N–H and O–H groups in total. The van der Waals surface area contributed by atoms with Crippen molar-refractivity contribution < 1.29 is 9.59 Å². The van der Waals surface area contributed by atoms with Gasteiger partial charge in [0.15, 0.2) is 0 Å². The number of aromatic nitrogens is 2. The van der Waals surface area contributed by atoms with Gasteiger partial charge in [-0.05, 0) is 49.9 Å². The van der Waals surface area contributed by atoms with Crippen LogP contribution >= 0.6 is 0 Å². The fraction of sp³-hybridized carbons (Fsp3) is 0.400. The number of H-pyrrole nitrogens is 1. The first-order valence-electron chi connectivity index (χ1n) is 11.5. The molecule has 5 rings (SSSR count). The molecule has 2 fully saturated rings. The monoisotopic (exact) mass is 431 g/mol. The number of rotatable bonds is 3. The summed E-state index contributed by atoms with van der Waals surface area (Å²) in [5, 5.41) is 2.94. The van der Waals surface area contributed by atoms with Crippen molar-refractivity contribution in [1.29, 1.82) is 0 Å². The molecule has 1 unspecified atom stereocenters. The van der Waals surface area contributed by atoms with Crippen molar-refractivity contribution in [2.45, 2.75) is 31.6 Å². The second-order valence-electron chi connectivity index (χ2n) is 8.82. The molecule has 2 aromatic carbocycles. The van der Waals surface area contributed by atoms with Crippen LogP contribution in [0.4, 0.5) is 10.5 Å². The number of hydrogen-bond acceptors (Lipinski definition) is 3. The summed E-state index contributed by atoms with van der Waals surface area (Å²) in [6, 6.07) is 17.4. The number of carbonyl (C=O) groups excluding carboxylic acids is 2. The number of benzene rings is 2. The summed E-state index contributed by atoms with van der Waals surface area (Å²) in [5.41, 5.74) is 2.82.